The summed E-state index contributed by atoms with van der Waals surface area (Å²) >= 11 is 0. The second kappa shape index (κ2) is 48.3. The van der Waals surface area contributed by atoms with Crippen LogP contribution >= 0.6 is 0 Å². The molecule has 83 heavy (non-hydrogen) atoms. The molecule has 0 amide bonds. The molecule has 500 valence electrons. The zero-order chi connectivity index (χ0) is 62.5. The fraction of sp³-hybridized carbons (Fsp3) is 1.00. The Balaban J connectivity index is 7.53. The van der Waals surface area contributed by atoms with Gasteiger partial charge in [-0.15, -0.1) is 0 Å². The minimum atomic E-state index is -1.51. The number of hydrogen-bond donors (Lipinski definition) is 1. The van der Waals surface area contributed by atoms with Crippen LogP contribution in [0.15, 0.2) is 0 Å². The van der Waals surface area contributed by atoms with Crippen LogP contribution in [0.3, 0.4) is 0 Å². The van der Waals surface area contributed by atoms with E-state index in [0.717, 1.165) is 167 Å². The molecule has 0 aromatic heterocycles. The number of aliphatic hydroxyl groups is 1. The molecule has 0 radical (unpaired) electrons. The molecule has 0 spiro atoms. The number of aliphatic hydroxyl groups excluding tert-OH is 1. The van der Waals surface area contributed by atoms with Crippen molar-refractivity contribution in [1.82, 2.24) is 0 Å². The highest BCUT2D eigenvalue weighted by molar-refractivity contribution is 4.82. The third-order valence-corrected chi connectivity index (χ3v) is 15.4. The van der Waals surface area contributed by atoms with Gasteiger partial charge in [0.1, 0.15) is 0 Å². The first kappa shape index (κ1) is 82.5. The van der Waals surface area contributed by atoms with E-state index in [4.69, 9.17) is 56.8 Å². The van der Waals surface area contributed by atoms with E-state index in [0.29, 0.717) is 71.4 Å². The van der Waals surface area contributed by atoms with Crippen LogP contribution in [-0.4, -0.2) is 112 Å². The quantitative estimate of drug-likeness (QED) is 0.0458. The van der Waals surface area contributed by atoms with Crippen molar-refractivity contribution in [2.24, 2.45) is 23.2 Å². The van der Waals surface area contributed by atoms with Crippen LogP contribution < -0.4 is 0 Å². The zero-order valence-electron chi connectivity index (χ0n) is 58.4. The summed E-state index contributed by atoms with van der Waals surface area (Å²) in [7, 11) is 0. The van der Waals surface area contributed by atoms with Crippen LogP contribution in [0.1, 0.15) is 324 Å². The molecule has 13 heteroatoms. The van der Waals surface area contributed by atoms with Gasteiger partial charge < -0.3 is 52.5 Å². The predicted octanol–water partition coefficient (Wildman–Crippen LogP) is 19.6. The molecule has 7 unspecified atom stereocenters. The van der Waals surface area contributed by atoms with E-state index >= 15 is 0 Å². The maximum absolute atomic E-state index is 11.2. The van der Waals surface area contributed by atoms with Gasteiger partial charge >= 0.3 is 0 Å². The molecule has 7 atom stereocenters. The lowest BCUT2D eigenvalue weighted by Gasteiger charge is -2.46. The van der Waals surface area contributed by atoms with Gasteiger partial charge in [0.05, 0.1) is 50.7 Å². The van der Waals surface area contributed by atoms with Crippen LogP contribution in [0.25, 0.3) is 0 Å². The number of hydrogen-bond acceptors (Lipinski definition) is 13. The lowest BCUT2D eigenvalue weighted by Crippen LogP contribution is -2.54. The highest BCUT2D eigenvalue weighted by Gasteiger charge is 2.49. The average molecular weight is 1190 g/mol. The minimum absolute atomic E-state index is 0.101. The van der Waals surface area contributed by atoms with E-state index in [9.17, 15) is 5.11 Å². The van der Waals surface area contributed by atoms with E-state index in [2.05, 4.69) is 132 Å². The van der Waals surface area contributed by atoms with Crippen LogP contribution in [0.4, 0.5) is 0 Å². The molecule has 0 saturated heterocycles. The van der Waals surface area contributed by atoms with Crippen molar-refractivity contribution in [3.63, 3.8) is 0 Å². The first-order valence-corrected chi connectivity index (χ1v) is 34.8. The Morgan fingerprint density at radius 1 is 0.422 bits per heavy atom. The van der Waals surface area contributed by atoms with E-state index in [-0.39, 0.29) is 23.7 Å². The first-order valence-electron chi connectivity index (χ1n) is 34.8. The highest BCUT2D eigenvalue weighted by Crippen LogP contribution is 2.41. The summed E-state index contributed by atoms with van der Waals surface area (Å²) < 4.78 is 82.1. The Bertz CT molecular complexity index is 1440. The molecular formula is C70H142O13. The Hall–Kier alpha value is -0.520. The molecule has 0 aromatic carbocycles. The normalized spacial score (nSPS) is 16.6. The molecule has 0 aliphatic heterocycles. The summed E-state index contributed by atoms with van der Waals surface area (Å²) in [4.78, 5) is 0. The van der Waals surface area contributed by atoms with Crippen molar-refractivity contribution in [2.75, 3.05) is 59.5 Å². The smallest absolute Gasteiger partial charge is 0.288 e. The van der Waals surface area contributed by atoms with E-state index < -0.39 is 47.8 Å². The highest BCUT2D eigenvalue weighted by atomic mass is 16.9. The number of unbranched alkanes of at least 4 members (excludes halogenated alkanes) is 12. The van der Waals surface area contributed by atoms with Crippen LogP contribution in [-0.2, 0) is 56.8 Å². The topological polar surface area (TPSA) is 131 Å². The Labute approximate surface area is 514 Å². The van der Waals surface area contributed by atoms with Crippen molar-refractivity contribution in [1.29, 1.82) is 0 Å². The lowest BCUT2D eigenvalue weighted by molar-refractivity contribution is -0.468. The monoisotopic (exact) mass is 1190 g/mol. The minimum Gasteiger partial charge on any atom is -0.381 e. The first-order chi connectivity index (χ1) is 39.4. The van der Waals surface area contributed by atoms with E-state index in [1.54, 1.807) is 0 Å². The van der Waals surface area contributed by atoms with Gasteiger partial charge in [-0.25, -0.2) is 0 Å². The predicted molar refractivity (Wildman–Crippen MR) is 343 cm³/mol. The summed E-state index contributed by atoms with van der Waals surface area (Å²) in [5.41, 5.74) is -1.33. The van der Waals surface area contributed by atoms with Crippen molar-refractivity contribution in [2.45, 2.75) is 372 Å². The molecule has 1 N–H and O–H groups in total. The Morgan fingerprint density at radius 2 is 0.988 bits per heavy atom. The largest absolute Gasteiger partial charge is 0.381 e. The average Bonchev–Trinajstić information content (AvgIpc) is 3.56. The molecule has 0 aromatic rings. The molecule has 0 bridgehead atoms. The second-order valence-corrected chi connectivity index (χ2v) is 27.3. The SMILES string of the molecule is CCCCCCCOC(CCCCCCC(OCCC)OC(O)C(CC)CCCC)(OC(CCCCCOCC(C)(C)C)OC(C)(C)CC(OCCC(C)C)(OCC(C)C)OC(C)(CCCC)OCCCCOCCC)OC(C)(CC)CC. The summed E-state index contributed by atoms with van der Waals surface area (Å²) in [6, 6.07) is 0. The van der Waals surface area contributed by atoms with Gasteiger partial charge in [-0.05, 0) is 154 Å². The molecule has 0 fully saturated rings. The molecule has 0 heterocycles. The molecule has 13 nitrogen and oxygen atoms in total. The van der Waals surface area contributed by atoms with Gasteiger partial charge in [-0.3, -0.25) is 9.47 Å². The van der Waals surface area contributed by atoms with Crippen molar-refractivity contribution in [3.8, 4) is 0 Å². The van der Waals surface area contributed by atoms with Gasteiger partial charge in [0.2, 0.25) is 0 Å². The number of ether oxygens (including phenoxy) is 12. The van der Waals surface area contributed by atoms with Crippen LogP contribution in [0, 0.1) is 23.2 Å². The van der Waals surface area contributed by atoms with Crippen molar-refractivity contribution in [3.05, 3.63) is 0 Å². The van der Waals surface area contributed by atoms with Gasteiger partial charge in [0, 0.05) is 45.2 Å². The molecule has 0 rings (SSSR count). The fourth-order valence-corrected chi connectivity index (χ4v) is 9.83. The molecule has 0 aliphatic rings. The summed E-state index contributed by atoms with van der Waals surface area (Å²) in [5.74, 6) is -3.18. The molecular weight excluding hydrogens is 1050 g/mol. The van der Waals surface area contributed by atoms with E-state index in [1.165, 1.54) is 12.8 Å². The molecule has 0 aliphatic carbocycles. The van der Waals surface area contributed by atoms with Gasteiger partial charge in [0.25, 0.3) is 11.9 Å². The maximum Gasteiger partial charge on any atom is 0.288 e. The maximum atomic E-state index is 11.2. The molecule has 0 saturated carbocycles. The second-order valence-electron chi connectivity index (χ2n) is 27.3. The fourth-order valence-electron chi connectivity index (χ4n) is 9.83. The standard InChI is InChI=1S/C70H142O13/c1-20-28-31-34-40-54-76-69(82-67(18,26-7)27-8,48-38-33-32-36-44-62(74-50-24-5)79-64(71)61(25-6)43-29-21-2)81-63(45-37-35-39-52-73-58-65(13,14)15)80-66(16,17)57-70(78-56-60(11)12,77-55-46-59(9)10)83-68(19,47-30-22-3)75-53-42-41-51-72-49-23-4/h59-64,71H,20-58H2,1-19H3. The summed E-state index contributed by atoms with van der Waals surface area (Å²) in [6.07, 6.45) is 24.6. The third-order valence-electron chi connectivity index (χ3n) is 15.4. The van der Waals surface area contributed by atoms with Gasteiger partial charge in [0.15, 0.2) is 24.7 Å². The third kappa shape index (κ3) is 42.9. The van der Waals surface area contributed by atoms with E-state index in [1.807, 2.05) is 0 Å². The number of rotatable bonds is 61. The van der Waals surface area contributed by atoms with Crippen molar-refractivity contribution < 1.29 is 61.9 Å². The van der Waals surface area contributed by atoms with Gasteiger partial charge in [-0.2, -0.15) is 0 Å². The Morgan fingerprint density at radius 3 is 1.60 bits per heavy atom. The van der Waals surface area contributed by atoms with Crippen LogP contribution in [0.5, 0.6) is 0 Å². The summed E-state index contributed by atoms with van der Waals surface area (Å²) in [5, 5.41) is 11.2. The summed E-state index contributed by atoms with van der Waals surface area (Å²) in [6.45, 7) is 46.7. The van der Waals surface area contributed by atoms with Crippen molar-refractivity contribution >= 4 is 0 Å². The van der Waals surface area contributed by atoms with Crippen LogP contribution in [0.2, 0.25) is 0 Å². The zero-order valence-corrected chi connectivity index (χ0v) is 58.4. The Kier molecular flexibility index (Phi) is 48.0. The lowest BCUT2D eigenvalue weighted by atomic mass is 9.99. The van der Waals surface area contributed by atoms with Gasteiger partial charge in [-0.1, -0.05) is 168 Å².